The summed E-state index contributed by atoms with van der Waals surface area (Å²) in [6.45, 7) is 4.17. The molecule has 2 aromatic carbocycles. The van der Waals surface area contributed by atoms with Gasteiger partial charge in [-0.2, -0.15) is 0 Å². The van der Waals surface area contributed by atoms with E-state index in [9.17, 15) is 4.79 Å². The van der Waals surface area contributed by atoms with Crippen LogP contribution in [0.25, 0.3) is 28.1 Å². The highest BCUT2D eigenvalue weighted by molar-refractivity contribution is 6.30. The van der Waals surface area contributed by atoms with E-state index < -0.39 is 5.91 Å². The van der Waals surface area contributed by atoms with E-state index in [0.717, 1.165) is 27.8 Å². The van der Waals surface area contributed by atoms with Crippen LogP contribution in [0.5, 0.6) is 0 Å². The summed E-state index contributed by atoms with van der Waals surface area (Å²) in [5.41, 5.74) is 10.5. The molecule has 0 bridgehead atoms. The first-order chi connectivity index (χ1) is 13.0. The highest BCUT2D eigenvalue weighted by Crippen LogP contribution is 2.26. The highest BCUT2D eigenvalue weighted by Gasteiger charge is 2.10. The molecular weight excluding hydrogens is 360 g/mol. The molecule has 4 aromatic rings. The smallest absolute Gasteiger partial charge is 0.267 e. The Morgan fingerprint density at radius 3 is 2.19 bits per heavy atom. The number of fused-ring (bicyclic) bond motifs is 1. The quantitative estimate of drug-likeness (QED) is 0.553. The van der Waals surface area contributed by atoms with E-state index >= 15 is 0 Å². The second kappa shape index (κ2) is 6.70. The van der Waals surface area contributed by atoms with Gasteiger partial charge in [0.05, 0.1) is 5.52 Å². The summed E-state index contributed by atoms with van der Waals surface area (Å²) in [4.78, 5) is 23.1. The zero-order valence-electron chi connectivity index (χ0n) is 14.2. The molecule has 0 saturated carbocycles. The first-order valence-electron chi connectivity index (χ1n) is 8.23. The minimum atomic E-state index is -0.577. The molecule has 6 heteroatoms. The fourth-order valence-corrected chi connectivity index (χ4v) is 2.94. The average molecular weight is 375 g/mol. The molecule has 0 unspecified atom stereocenters. The van der Waals surface area contributed by atoms with Gasteiger partial charge in [0.25, 0.3) is 5.91 Å². The fourth-order valence-electron chi connectivity index (χ4n) is 2.81. The molecule has 0 aliphatic heterocycles. The van der Waals surface area contributed by atoms with Crippen LogP contribution < -0.4 is 5.73 Å². The number of aromatic nitrogens is 3. The lowest BCUT2D eigenvalue weighted by Gasteiger charge is -2.07. The maximum Gasteiger partial charge on any atom is 0.267 e. The lowest BCUT2D eigenvalue weighted by molar-refractivity contribution is 0.0996. The molecule has 0 fully saturated rings. The first-order valence-corrected chi connectivity index (χ1v) is 8.61. The largest absolute Gasteiger partial charge is 0.364 e. The molecule has 3 N–H and O–H groups in total. The van der Waals surface area contributed by atoms with E-state index in [-0.39, 0.29) is 5.69 Å². The second-order valence-corrected chi connectivity index (χ2v) is 6.52. The third-order valence-corrected chi connectivity index (χ3v) is 4.55. The van der Waals surface area contributed by atoms with Crippen molar-refractivity contribution in [3.63, 3.8) is 0 Å². The molecule has 0 saturated heterocycles. The third-order valence-electron chi connectivity index (χ3n) is 4.30. The van der Waals surface area contributed by atoms with Gasteiger partial charge in [-0.15, -0.1) is 0 Å². The lowest BCUT2D eigenvalue weighted by atomic mass is 9.98. The summed E-state index contributed by atoms with van der Waals surface area (Å²) in [5.74, 6) is 0.0919. The van der Waals surface area contributed by atoms with Gasteiger partial charge < -0.3 is 10.7 Å². The minimum Gasteiger partial charge on any atom is -0.364 e. The van der Waals surface area contributed by atoms with Gasteiger partial charge in [0.2, 0.25) is 0 Å². The van der Waals surface area contributed by atoms with Gasteiger partial charge in [-0.3, -0.25) is 4.79 Å². The Bertz CT molecular complexity index is 1160. The van der Waals surface area contributed by atoms with Crippen LogP contribution in [0.4, 0.5) is 0 Å². The summed E-state index contributed by atoms with van der Waals surface area (Å²) in [7, 11) is 0. The van der Waals surface area contributed by atoms with E-state index in [1.165, 1.54) is 0 Å². The van der Waals surface area contributed by atoms with Crippen molar-refractivity contribution in [2.24, 2.45) is 5.73 Å². The number of amides is 1. The van der Waals surface area contributed by atoms with Gasteiger partial charge >= 0.3 is 0 Å². The summed E-state index contributed by atoms with van der Waals surface area (Å²) in [5, 5.41) is 0.694. The minimum absolute atomic E-state index is 0.190. The molecule has 2 aromatic heterocycles. The van der Waals surface area contributed by atoms with Crippen LogP contribution in [0.1, 0.15) is 21.6 Å². The Hall–Kier alpha value is -3.44. The SMILES string of the molecule is C=C(c1ccc(Cl)cc1)c1ccc(-c2nc3nc(C(N)=O)ccc3[nH]2)cc1. The van der Waals surface area contributed by atoms with E-state index in [4.69, 9.17) is 17.3 Å². The average Bonchev–Trinajstić information content (AvgIpc) is 3.11. The van der Waals surface area contributed by atoms with Crippen LogP contribution >= 0.6 is 11.6 Å². The number of rotatable bonds is 4. The van der Waals surface area contributed by atoms with Gasteiger partial charge in [-0.25, -0.2) is 9.97 Å². The summed E-state index contributed by atoms with van der Waals surface area (Å²) < 4.78 is 0. The zero-order valence-corrected chi connectivity index (χ0v) is 15.0. The normalized spacial score (nSPS) is 10.9. The van der Waals surface area contributed by atoms with Crippen LogP contribution in [0.3, 0.4) is 0 Å². The predicted molar refractivity (Wildman–Crippen MR) is 107 cm³/mol. The molecule has 4 rings (SSSR count). The molecule has 0 radical (unpaired) electrons. The van der Waals surface area contributed by atoms with E-state index in [1.54, 1.807) is 12.1 Å². The van der Waals surface area contributed by atoms with Crippen molar-refractivity contribution in [1.29, 1.82) is 0 Å². The van der Waals surface area contributed by atoms with Crippen molar-refractivity contribution in [2.45, 2.75) is 0 Å². The van der Waals surface area contributed by atoms with Crippen LogP contribution in [0, 0.1) is 0 Å². The van der Waals surface area contributed by atoms with Gasteiger partial charge in [0.1, 0.15) is 11.5 Å². The van der Waals surface area contributed by atoms with Crippen molar-refractivity contribution in [3.8, 4) is 11.4 Å². The molecule has 1 amide bonds. The van der Waals surface area contributed by atoms with Gasteiger partial charge in [-0.05, 0) is 41.0 Å². The molecule has 132 valence electrons. The van der Waals surface area contributed by atoms with Crippen LogP contribution in [-0.2, 0) is 0 Å². The van der Waals surface area contributed by atoms with Crippen molar-refractivity contribution in [1.82, 2.24) is 15.0 Å². The lowest BCUT2D eigenvalue weighted by Crippen LogP contribution is -2.12. The Morgan fingerprint density at radius 1 is 0.926 bits per heavy atom. The highest BCUT2D eigenvalue weighted by atomic mass is 35.5. The molecule has 0 aliphatic rings. The first kappa shape index (κ1) is 17.0. The number of primary amides is 1. The maximum absolute atomic E-state index is 11.3. The summed E-state index contributed by atoms with van der Waals surface area (Å²) >= 11 is 5.94. The standard InChI is InChI=1S/C21H15ClN4O/c1-12(14-6-8-16(22)9-7-14)13-2-4-15(5-3-13)20-25-18-11-10-17(19(23)27)24-21(18)26-20/h2-11H,1H2,(H2,23,27)(H,24,25,26). The number of aromatic amines is 1. The molecule has 0 aliphatic carbocycles. The molecule has 27 heavy (non-hydrogen) atoms. The maximum atomic E-state index is 11.3. The number of imidazole rings is 1. The fraction of sp³-hybridized carbons (Fsp3) is 0. The van der Waals surface area contributed by atoms with Crippen LogP contribution in [0.15, 0.2) is 67.2 Å². The second-order valence-electron chi connectivity index (χ2n) is 6.08. The topological polar surface area (TPSA) is 84.7 Å². The van der Waals surface area contributed by atoms with E-state index in [1.807, 2.05) is 48.5 Å². The van der Waals surface area contributed by atoms with Crippen molar-refractivity contribution in [2.75, 3.05) is 0 Å². The molecule has 0 spiro atoms. The Balaban J connectivity index is 1.63. The number of nitrogens with two attached hydrogens (primary N) is 1. The number of carbonyl (C=O) groups excluding carboxylic acids is 1. The Labute approximate surface area is 160 Å². The third kappa shape index (κ3) is 3.32. The zero-order chi connectivity index (χ0) is 19.0. The number of H-pyrrole nitrogens is 1. The Kier molecular flexibility index (Phi) is 4.22. The molecule has 0 atom stereocenters. The number of benzene rings is 2. The van der Waals surface area contributed by atoms with Crippen molar-refractivity contribution < 1.29 is 4.79 Å². The van der Waals surface area contributed by atoms with E-state index in [0.29, 0.717) is 16.5 Å². The molecule has 5 nitrogen and oxygen atoms in total. The number of hydrogen-bond donors (Lipinski definition) is 2. The molecular formula is C21H15ClN4O. The van der Waals surface area contributed by atoms with Gasteiger partial charge in [0, 0.05) is 10.6 Å². The molecule has 2 heterocycles. The van der Waals surface area contributed by atoms with Crippen LogP contribution in [0.2, 0.25) is 5.02 Å². The number of halogens is 1. The summed E-state index contributed by atoms with van der Waals surface area (Å²) in [6, 6.07) is 18.8. The van der Waals surface area contributed by atoms with Gasteiger partial charge in [0.15, 0.2) is 5.65 Å². The number of pyridine rings is 1. The summed E-state index contributed by atoms with van der Waals surface area (Å²) in [6.07, 6.45) is 0. The van der Waals surface area contributed by atoms with Crippen LogP contribution in [-0.4, -0.2) is 20.9 Å². The predicted octanol–water partition coefficient (Wildman–Crippen LogP) is 4.44. The van der Waals surface area contributed by atoms with Crippen molar-refractivity contribution >= 4 is 34.2 Å². The van der Waals surface area contributed by atoms with E-state index in [2.05, 4.69) is 21.5 Å². The van der Waals surface area contributed by atoms with Gasteiger partial charge in [-0.1, -0.05) is 54.6 Å². The number of nitrogens with zero attached hydrogens (tertiary/aromatic N) is 2. The monoisotopic (exact) mass is 374 g/mol. The van der Waals surface area contributed by atoms with Crippen molar-refractivity contribution in [3.05, 3.63) is 89.1 Å². The number of carbonyl (C=O) groups is 1. The number of hydrogen-bond acceptors (Lipinski definition) is 3. The Morgan fingerprint density at radius 2 is 1.56 bits per heavy atom. The number of nitrogens with one attached hydrogen (secondary N) is 1.